The lowest BCUT2D eigenvalue weighted by Gasteiger charge is -2.25. The summed E-state index contributed by atoms with van der Waals surface area (Å²) in [6.07, 6.45) is 0.683. The molecule has 4 nitrogen and oxygen atoms in total. The van der Waals surface area contributed by atoms with E-state index in [9.17, 15) is 4.79 Å². The Balaban J connectivity index is 1.70. The molecule has 20 heavy (non-hydrogen) atoms. The fourth-order valence-corrected chi connectivity index (χ4v) is 2.49. The zero-order valence-electron chi connectivity index (χ0n) is 10.8. The average Bonchev–Trinajstić information content (AvgIpc) is 2.47. The monoisotopic (exact) mass is 287 g/mol. The van der Waals surface area contributed by atoms with Crippen LogP contribution in [0.15, 0.2) is 42.5 Å². The number of nitrogens with one attached hydrogen (secondary N) is 2. The predicted octanol–water partition coefficient (Wildman–Crippen LogP) is 2.39. The van der Waals surface area contributed by atoms with Gasteiger partial charge in [0.05, 0.1) is 6.04 Å². The molecular formula is C15H14ClN3O. The molecular weight excluding hydrogens is 274 g/mol. The molecule has 0 bridgehead atoms. The van der Waals surface area contributed by atoms with E-state index in [1.165, 1.54) is 11.1 Å². The fourth-order valence-electron chi connectivity index (χ4n) is 2.33. The second-order valence-electron chi connectivity index (χ2n) is 4.74. The van der Waals surface area contributed by atoms with Gasteiger partial charge in [-0.15, -0.1) is 0 Å². The molecule has 0 saturated carbocycles. The Kier molecular flexibility index (Phi) is 3.67. The van der Waals surface area contributed by atoms with E-state index in [-0.39, 0.29) is 11.9 Å². The van der Waals surface area contributed by atoms with Crippen LogP contribution in [0.25, 0.3) is 0 Å². The van der Waals surface area contributed by atoms with Gasteiger partial charge in [0.25, 0.3) is 0 Å². The normalized spacial score (nSPS) is 17.4. The molecule has 0 spiro atoms. The summed E-state index contributed by atoms with van der Waals surface area (Å²) in [5.41, 5.74) is 2.46. The highest BCUT2D eigenvalue weighted by atomic mass is 35.5. The van der Waals surface area contributed by atoms with Gasteiger partial charge in [0.2, 0.25) is 5.91 Å². The molecule has 3 rings (SSSR count). The first-order valence-electron chi connectivity index (χ1n) is 6.46. The topological polar surface area (TPSA) is 54.0 Å². The third kappa shape index (κ3) is 2.81. The summed E-state index contributed by atoms with van der Waals surface area (Å²) in [7, 11) is 0. The molecule has 5 heteroatoms. The second-order valence-corrected chi connectivity index (χ2v) is 5.13. The van der Waals surface area contributed by atoms with Crippen LogP contribution in [0.4, 0.5) is 5.82 Å². The van der Waals surface area contributed by atoms with Crippen LogP contribution in [-0.2, 0) is 17.8 Å². The number of carbonyl (C=O) groups is 1. The maximum absolute atomic E-state index is 12.2. The van der Waals surface area contributed by atoms with Crippen molar-refractivity contribution in [3.05, 3.63) is 58.7 Å². The number of nitrogens with zero attached hydrogens (tertiary/aromatic N) is 1. The molecule has 1 aromatic heterocycles. The van der Waals surface area contributed by atoms with Crippen molar-refractivity contribution in [3.8, 4) is 0 Å². The van der Waals surface area contributed by atoms with E-state index < -0.39 is 0 Å². The van der Waals surface area contributed by atoms with Crippen LogP contribution in [0.2, 0.25) is 5.15 Å². The quantitative estimate of drug-likeness (QED) is 0.834. The number of halogens is 1. The number of hydrogen-bond acceptors (Lipinski definition) is 3. The number of anilines is 1. The number of benzene rings is 1. The number of amides is 1. The maximum Gasteiger partial charge on any atom is 0.243 e. The molecule has 0 aliphatic carbocycles. The van der Waals surface area contributed by atoms with Gasteiger partial charge in [-0.05, 0) is 29.7 Å². The summed E-state index contributed by atoms with van der Waals surface area (Å²) in [4.78, 5) is 16.3. The number of aromatic nitrogens is 1. The van der Waals surface area contributed by atoms with E-state index in [0.29, 0.717) is 23.9 Å². The Labute approximate surface area is 122 Å². The van der Waals surface area contributed by atoms with Crippen LogP contribution in [-0.4, -0.2) is 16.9 Å². The summed E-state index contributed by atoms with van der Waals surface area (Å²) >= 11 is 5.80. The molecule has 1 aliphatic heterocycles. The van der Waals surface area contributed by atoms with Crippen molar-refractivity contribution in [2.45, 2.75) is 19.0 Å². The smallest absolute Gasteiger partial charge is 0.243 e. The van der Waals surface area contributed by atoms with E-state index in [4.69, 9.17) is 11.6 Å². The van der Waals surface area contributed by atoms with Crippen molar-refractivity contribution < 1.29 is 4.79 Å². The summed E-state index contributed by atoms with van der Waals surface area (Å²) in [5.74, 6) is 0.387. The minimum Gasteiger partial charge on any atom is -0.309 e. The fraction of sp³-hybridized carbons (Fsp3) is 0.200. The van der Waals surface area contributed by atoms with Crippen molar-refractivity contribution in [2.24, 2.45) is 0 Å². The minimum absolute atomic E-state index is 0.0886. The van der Waals surface area contributed by atoms with Gasteiger partial charge in [0, 0.05) is 6.54 Å². The highest BCUT2D eigenvalue weighted by Crippen LogP contribution is 2.17. The minimum atomic E-state index is -0.245. The van der Waals surface area contributed by atoms with Gasteiger partial charge in [0.1, 0.15) is 11.0 Å². The van der Waals surface area contributed by atoms with Gasteiger partial charge in [-0.2, -0.15) is 0 Å². The SMILES string of the molecule is O=C(Nc1cccc(Cl)n1)C1Cc2ccccc2CN1. The first-order chi connectivity index (χ1) is 9.72. The van der Waals surface area contributed by atoms with Crippen LogP contribution < -0.4 is 10.6 Å². The standard InChI is InChI=1S/C15H14ClN3O/c16-13-6-3-7-14(18-13)19-15(20)12-8-10-4-1-2-5-11(10)9-17-12/h1-7,12,17H,8-9H2,(H,18,19,20). The van der Waals surface area contributed by atoms with Gasteiger partial charge in [-0.1, -0.05) is 41.9 Å². The van der Waals surface area contributed by atoms with Gasteiger partial charge in [0.15, 0.2) is 0 Å². The van der Waals surface area contributed by atoms with E-state index in [0.717, 1.165) is 0 Å². The Bertz CT molecular complexity index is 645. The zero-order chi connectivity index (χ0) is 13.9. The van der Waals surface area contributed by atoms with Crippen LogP contribution in [0, 0.1) is 0 Å². The summed E-state index contributed by atoms with van der Waals surface area (Å²) < 4.78 is 0. The van der Waals surface area contributed by atoms with Crippen molar-refractivity contribution in [2.75, 3.05) is 5.32 Å². The van der Waals surface area contributed by atoms with Gasteiger partial charge >= 0.3 is 0 Å². The van der Waals surface area contributed by atoms with Gasteiger partial charge in [-0.25, -0.2) is 4.98 Å². The Morgan fingerprint density at radius 1 is 1.20 bits per heavy atom. The highest BCUT2D eigenvalue weighted by Gasteiger charge is 2.24. The molecule has 0 radical (unpaired) electrons. The summed E-state index contributed by atoms with van der Waals surface area (Å²) in [6, 6.07) is 13.1. The third-order valence-corrected chi connectivity index (χ3v) is 3.57. The molecule has 1 aromatic carbocycles. The number of carbonyl (C=O) groups excluding carboxylic acids is 1. The van der Waals surface area contributed by atoms with Crippen molar-refractivity contribution in [1.29, 1.82) is 0 Å². The number of hydrogen-bond donors (Lipinski definition) is 2. The Morgan fingerprint density at radius 2 is 2.00 bits per heavy atom. The zero-order valence-corrected chi connectivity index (χ0v) is 11.5. The average molecular weight is 288 g/mol. The highest BCUT2D eigenvalue weighted by molar-refractivity contribution is 6.29. The molecule has 2 heterocycles. The Hall–Kier alpha value is -1.91. The van der Waals surface area contributed by atoms with Crippen LogP contribution in [0.3, 0.4) is 0 Å². The maximum atomic E-state index is 12.2. The van der Waals surface area contributed by atoms with Gasteiger partial charge in [-0.3, -0.25) is 4.79 Å². The van der Waals surface area contributed by atoms with Crippen LogP contribution >= 0.6 is 11.6 Å². The van der Waals surface area contributed by atoms with E-state index in [1.807, 2.05) is 12.1 Å². The molecule has 0 fully saturated rings. The lowest BCUT2D eigenvalue weighted by atomic mass is 9.95. The lowest BCUT2D eigenvalue weighted by Crippen LogP contribution is -2.44. The number of rotatable bonds is 2. The molecule has 0 saturated heterocycles. The van der Waals surface area contributed by atoms with Crippen molar-refractivity contribution in [1.82, 2.24) is 10.3 Å². The first kappa shape index (κ1) is 13.1. The Morgan fingerprint density at radius 3 is 2.80 bits per heavy atom. The second kappa shape index (κ2) is 5.61. The first-order valence-corrected chi connectivity index (χ1v) is 6.84. The molecule has 1 atom stereocenters. The molecule has 1 aliphatic rings. The number of pyridine rings is 1. The van der Waals surface area contributed by atoms with E-state index >= 15 is 0 Å². The molecule has 102 valence electrons. The van der Waals surface area contributed by atoms with E-state index in [1.54, 1.807) is 18.2 Å². The summed E-state index contributed by atoms with van der Waals surface area (Å²) in [5, 5.41) is 6.39. The largest absolute Gasteiger partial charge is 0.309 e. The van der Waals surface area contributed by atoms with Crippen LogP contribution in [0.1, 0.15) is 11.1 Å². The predicted molar refractivity (Wildman–Crippen MR) is 78.7 cm³/mol. The third-order valence-electron chi connectivity index (χ3n) is 3.36. The van der Waals surface area contributed by atoms with E-state index in [2.05, 4.69) is 27.8 Å². The summed E-state index contributed by atoms with van der Waals surface area (Å²) in [6.45, 7) is 0.706. The van der Waals surface area contributed by atoms with Crippen molar-refractivity contribution >= 4 is 23.3 Å². The molecule has 2 aromatic rings. The number of fused-ring (bicyclic) bond motifs is 1. The van der Waals surface area contributed by atoms with Gasteiger partial charge < -0.3 is 10.6 Å². The molecule has 2 N–H and O–H groups in total. The van der Waals surface area contributed by atoms with Crippen molar-refractivity contribution in [3.63, 3.8) is 0 Å². The lowest BCUT2D eigenvalue weighted by molar-refractivity contribution is -0.118. The van der Waals surface area contributed by atoms with Crippen LogP contribution in [0.5, 0.6) is 0 Å². The molecule has 1 amide bonds. The molecule has 1 unspecified atom stereocenters.